The average molecular weight is 520 g/mol. The van der Waals surface area contributed by atoms with E-state index in [2.05, 4.69) is 36.1 Å². The van der Waals surface area contributed by atoms with Gasteiger partial charge in [0.25, 0.3) is 11.8 Å². The van der Waals surface area contributed by atoms with Gasteiger partial charge in [0.2, 0.25) is 5.89 Å². The van der Waals surface area contributed by atoms with Gasteiger partial charge in [-0.05, 0) is 48.4 Å². The number of fused-ring (bicyclic) bond motifs is 1. The molecule has 0 bridgehead atoms. The molecule has 3 aromatic heterocycles. The second-order valence-electron chi connectivity index (χ2n) is 9.18. The minimum absolute atomic E-state index is 0.0652. The van der Waals surface area contributed by atoms with Gasteiger partial charge >= 0.3 is 0 Å². The lowest BCUT2D eigenvalue weighted by Crippen LogP contribution is -2.16. The monoisotopic (exact) mass is 519 g/mol. The molecule has 2 atom stereocenters. The van der Waals surface area contributed by atoms with Gasteiger partial charge < -0.3 is 25.5 Å². The van der Waals surface area contributed by atoms with Crippen molar-refractivity contribution in [1.82, 2.24) is 25.5 Å². The number of aromatic nitrogens is 4. The van der Waals surface area contributed by atoms with Crippen LogP contribution in [0.3, 0.4) is 0 Å². The van der Waals surface area contributed by atoms with Crippen LogP contribution in [0.1, 0.15) is 40.5 Å². The fourth-order valence-corrected chi connectivity index (χ4v) is 4.56. The van der Waals surface area contributed by atoms with Gasteiger partial charge in [0.15, 0.2) is 0 Å². The molecule has 6 rings (SSSR count). The number of hydrogen-bond donors (Lipinski definition) is 4. The number of aliphatic hydroxyl groups excluding tert-OH is 1. The Morgan fingerprint density at radius 1 is 1.00 bits per heavy atom. The zero-order chi connectivity index (χ0) is 26.8. The van der Waals surface area contributed by atoms with Crippen LogP contribution in [0.4, 0.5) is 17.2 Å². The topological polar surface area (TPSA) is 138 Å². The summed E-state index contributed by atoms with van der Waals surface area (Å²) in [5.41, 5.74) is 5.24. The van der Waals surface area contributed by atoms with E-state index in [4.69, 9.17) is 4.42 Å². The highest BCUT2D eigenvalue weighted by Crippen LogP contribution is 2.34. The highest BCUT2D eigenvalue weighted by atomic mass is 16.4. The van der Waals surface area contributed by atoms with E-state index < -0.39 is 0 Å². The van der Waals surface area contributed by atoms with Crippen molar-refractivity contribution in [3.8, 4) is 22.9 Å². The zero-order valence-electron chi connectivity index (χ0n) is 21.0. The lowest BCUT2D eigenvalue weighted by atomic mass is 10.0. The third-order valence-corrected chi connectivity index (χ3v) is 6.56. The van der Waals surface area contributed by atoms with Crippen LogP contribution >= 0.6 is 0 Å². The largest absolute Gasteiger partial charge is 0.416 e. The first-order chi connectivity index (χ1) is 19.1. The number of carbonyl (C=O) groups excluding carboxylic acids is 1. The molecule has 0 aliphatic carbocycles. The molecule has 10 heteroatoms. The van der Waals surface area contributed by atoms with Gasteiger partial charge in [-0.1, -0.05) is 30.3 Å². The number of pyridine rings is 2. The number of rotatable bonds is 8. The number of carbonyl (C=O) groups is 1. The molecule has 1 aliphatic rings. The molecule has 0 saturated heterocycles. The molecule has 4 heterocycles. The zero-order valence-corrected chi connectivity index (χ0v) is 21.0. The Balaban J connectivity index is 1.36. The number of anilines is 3. The molecule has 39 heavy (non-hydrogen) atoms. The van der Waals surface area contributed by atoms with Gasteiger partial charge in [-0.25, -0.2) is 4.98 Å². The van der Waals surface area contributed by atoms with Crippen LogP contribution in [0.25, 0.3) is 22.9 Å². The fourth-order valence-electron chi connectivity index (χ4n) is 4.56. The van der Waals surface area contributed by atoms with Crippen LogP contribution in [0.5, 0.6) is 0 Å². The standard InChI is InChI=1S/C29H25N7O3/c1-17-22-12-20(9-10-21(22)27(38)32-17)33-26-13-24(34-25(16-37)18-6-3-2-4-7-18)23(15-31-26)29-36-35-28(39-29)19-8-5-11-30-14-19/h2-15,17,25,37H,16H2,1H3,(H,32,38)(H2,31,33,34)/t17?,25-/m1/s1. The number of hydrogen-bond acceptors (Lipinski definition) is 9. The van der Waals surface area contributed by atoms with E-state index in [1.165, 1.54) is 0 Å². The lowest BCUT2D eigenvalue weighted by molar-refractivity contribution is 0.0958. The van der Waals surface area contributed by atoms with E-state index >= 15 is 0 Å². The van der Waals surface area contributed by atoms with E-state index in [1.54, 1.807) is 30.7 Å². The van der Waals surface area contributed by atoms with Crippen molar-refractivity contribution >= 4 is 23.1 Å². The van der Waals surface area contributed by atoms with Gasteiger partial charge in [0.05, 0.1) is 35.5 Å². The van der Waals surface area contributed by atoms with Gasteiger partial charge in [0, 0.05) is 35.9 Å². The van der Waals surface area contributed by atoms with E-state index in [9.17, 15) is 9.90 Å². The van der Waals surface area contributed by atoms with E-state index in [-0.39, 0.29) is 30.5 Å². The van der Waals surface area contributed by atoms with Gasteiger partial charge in [-0.15, -0.1) is 10.2 Å². The molecule has 2 aromatic carbocycles. The summed E-state index contributed by atoms with van der Waals surface area (Å²) in [4.78, 5) is 20.8. The van der Waals surface area contributed by atoms with Crippen LogP contribution < -0.4 is 16.0 Å². The van der Waals surface area contributed by atoms with Gasteiger partial charge in [-0.3, -0.25) is 9.78 Å². The molecular weight excluding hydrogens is 494 g/mol. The third kappa shape index (κ3) is 4.92. The predicted molar refractivity (Wildman–Crippen MR) is 146 cm³/mol. The Morgan fingerprint density at radius 2 is 1.85 bits per heavy atom. The summed E-state index contributed by atoms with van der Waals surface area (Å²) in [6.07, 6.45) is 4.97. The normalized spacial score (nSPS) is 14.9. The summed E-state index contributed by atoms with van der Waals surface area (Å²) in [6, 6.07) is 20.3. The van der Waals surface area contributed by atoms with Crippen LogP contribution in [-0.2, 0) is 0 Å². The Kier molecular flexibility index (Phi) is 6.44. The maximum absolute atomic E-state index is 12.1. The van der Waals surface area contributed by atoms with Gasteiger partial charge in [0.1, 0.15) is 5.82 Å². The Bertz CT molecular complexity index is 1620. The van der Waals surface area contributed by atoms with Crippen molar-refractivity contribution in [3.05, 3.63) is 102 Å². The Hall–Kier alpha value is -5.09. The molecule has 4 N–H and O–H groups in total. The molecule has 0 spiro atoms. The van der Waals surface area contributed by atoms with Crippen molar-refractivity contribution in [2.75, 3.05) is 17.2 Å². The minimum Gasteiger partial charge on any atom is -0.416 e. The summed E-state index contributed by atoms with van der Waals surface area (Å²) in [5.74, 6) is 1.10. The average Bonchev–Trinajstić information content (AvgIpc) is 3.57. The van der Waals surface area contributed by atoms with Crippen LogP contribution in [0, 0.1) is 0 Å². The first-order valence-electron chi connectivity index (χ1n) is 12.5. The molecule has 5 aromatic rings. The number of amides is 1. The van der Waals surface area contributed by atoms with Crippen molar-refractivity contribution in [3.63, 3.8) is 0 Å². The molecule has 1 unspecified atom stereocenters. The van der Waals surface area contributed by atoms with Crippen molar-refractivity contribution in [1.29, 1.82) is 0 Å². The Morgan fingerprint density at radius 3 is 2.64 bits per heavy atom. The molecule has 0 radical (unpaired) electrons. The van der Waals surface area contributed by atoms with Crippen molar-refractivity contribution in [2.24, 2.45) is 0 Å². The number of aliphatic hydroxyl groups is 1. The van der Waals surface area contributed by atoms with E-state index in [1.807, 2.05) is 61.5 Å². The summed E-state index contributed by atoms with van der Waals surface area (Å²) < 4.78 is 5.98. The molecular formula is C29H25N7O3. The maximum atomic E-state index is 12.1. The van der Waals surface area contributed by atoms with Crippen LogP contribution in [0.15, 0.2) is 89.7 Å². The maximum Gasteiger partial charge on any atom is 0.252 e. The summed E-state index contributed by atoms with van der Waals surface area (Å²) in [6.45, 7) is 1.81. The van der Waals surface area contributed by atoms with E-state index in [0.717, 1.165) is 16.8 Å². The second-order valence-corrected chi connectivity index (χ2v) is 9.18. The molecule has 0 saturated carbocycles. The number of nitrogens with zero attached hydrogens (tertiary/aromatic N) is 4. The fraction of sp³-hybridized carbons (Fsp3) is 0.138. The second kappa shape index (κ2) is 10.3. The first-order valence-corrected chi connectivity index (χ1v) is 12.5. The number of benzene rings is 2. The summed E-state index contributed by atoms with van der Waals surface area (Å²) in [7, 11) is 0. The smallest absolute Gasteiger partial charge is 0.252 e. The minimum atomic E-state index is -0.390. The summed E-state index contributed by atoms with van der Waals surface area (Å²) in [5, 5.41) is 28.3. The Labute approximate surface area is 224 Å². The summed E-state index contributed by atoms with van der Waals surface area (Å²) >= 11 is 0. The lowest BCUT2D eigenvalue weighted by Gasteiger charge is -2.20. The SMILES string of the molecule is CC1NC(=O)c2ccc(Nc3cc(N[C@H](CO)c4ccccc4)c(-c4nnc(-c5cccnc5)o4)cn3)cc21. The molecule has 1 aliphatic heterocycles. The highest BCUT2D eigenvalue weighted by Gasteiger charge is 2.25. The number of nitrogens with one attached hydrogen (secondary N) is 3. The molecule has 10 nitrogen and oxygen atoms in total. The van der Waals surface area contributed by atoms with E-state index in [0.29, 0.717) is 34.1 Å². The molecule has 0 fully saturated rings. The predicted octanol–water partition coefficient (Wildman–Crippen LogP) is 4.89. The molecule has 194 valence electrons. The molecule has 1 amide bonds. The highest BCUT2D eigenvalue weighted by molar-refractivity contribution is 5.99. The van der Waals surface area contributed by atoms with Crippen molar-refractivity contribution < 1.29 is 14.3 Å². The quantitative estimate of drug-likeness (QED) is 0.226. The van der Waals surface area contributed by atoms with Gasteiger partial charge in [-0.2, -0.15) is 0 Å². The van der Waals surface area contributed by atoms with Crippen LogP contribution in [-0.4, -0.2) is 37.8 Å². The van der Waals surface area contributed by atoms with Crippen molar-refractivity contribution in [2.45, 2.75) is 19.0 Å². The van der Waals surface area contributed by atoms with Crippen LogP contribution in [0.2, 0.25) is 0 Å². The first kappa shape index (κ1) is 24.3. The third-order valence-electron chi connectivity index (χ3n) is 6.56.